The first-order valence-corrected chi connectivity index (χ1v) is 9.87. The van der Waals surface area contributed by atoms with Gasteiger partial charge < -0.3 is 9.47 Å². The van der Waals surface area contributed by atoms with E-state index in [0.29, 0.717) is 6.42 Å². The van der Waals surface area contributed by atoms with Gasteiger partial charge in [-0.3, -0.25) is 9.59 Å². The number of carbonyl (C=O) groups is 2. The van der Waals surface area contributed by atoms with Crippen LogP contribution in [0.3, 0.4) is 0 Å². The molecule has 0 aromatic carbocycles. The fourth-order valence-electron chi connectivity index (χ4n) is 2.37. The predicted octanol–water partition coefficient (Wildman–Crippen LogP) is 5.19. The quantitative estimate of drug-likeness (QED) is 0.245. The van der Waals surface area contributed by atoms with E-state index in [-0.39, 0.29) is 37.5 Å². The summed E-state index contributed by atoms with van der Waals surface area (Å²) in [5, 5.41) is 0. The summed E-state index contributed by atoms with van der Waals surface area (Å²) in [4.78, 5) is 22.8. The van der Waals surface area contributed by atoms with Crippen LogP contribution in [0.15, 0.2) is 0 Å². The number of unbranched alkanes of at least 4 members (excludes halogenated alkanes) is 8. The van der Waals surface area contributed by atoms with Crippen molar-refractivity contribution in [2.45, 2.75) is 104 Å². The van der Waals surface area contributed by atoms with E-state index in [1.165, 1.54) is 44.9 Å². The van der Waals surface area contributed by atoms with E-state index in [1.54, 1.807) is 13.8 Å². The molecule has 0 heterocycles. The van der Waals surface area contributed by atoms with Crippen molar-refractivity contribution in [3.8, 4) is 11.8 Å². The molecule has 4 heteroatoms. The van der Waals surface area contributed by atoms with Gasteiger partial charge in [0.15, 0.2) is 6.61 Å². The van der Waals surface area contributed by atoms with Gasteiger partial charge in [0.2, 0.25) is 0 Å². The molecule has 0 aliphatic carbocycles. The lowest BCUT2D eigenvalue weighted by atomic mass is 10.1. The van der Waals surface area contributed by atoms with Gasteiger partial charge in [-0.25, -0.2) is 0 Å². The number of hydrogen-bond donors (Lipinski definition) is 0. The third-order valence-electron chi connectivity index (χ3n) is 3.71. The fourth-order valence-corrected chi connectivity index (χ4v) is 2.37. The Morgan fingerprint density at radius 2 is 1.40 bits per heavy atom. The van der Waals surface area contributed by atoms with E-state index in [0.717, 1.165) is 12.8 Å². The number of esters is 2. The van der Waals surface area contributed by atoms with E-state index in [9.17, 15) is 9.59 Å². The van der Waals surface area contributed by atoms with Crippen molar-refractivity contribution in [1.82, 2.24) is 0 Å². The number of carbonyl (C=O) groups excluding carboxylic acids is 2. The maximum absolute atomic E-state index is 11.5. The summed E-state index contributed by atoms with van der Waals surface area (Å²) in [5.41, 5.74) is 0. The minimum atomic E-state index is -0.307. The van der Waals surface area contributed by atoms with Crippen LogP contribution in [0.1, 0.15) is 97.8 Å². The van der Waals surface area contributed by atoms with Gasteiger partial charge in [-0.05, 0) is 26.7 Å². The van der Waals surface area contributed by atoms with Crippen molar-refractivity contribution in [3.05, 3.63) is 0 Å². The predicted molar refractivity (Wildman–Crippen MR) is 101 cm³/mol. The lowest BCUT2D eigenvalue weighted by Crippen LogP contribution is -2.12. The Balaban J connectivity index is 3.42. The second-order valence-corrected chi connectivity index (χ2v) is 6.63. The van der Waals surface area contributed by atoms with Gasteiger partial charge in [-0.2, -0.15) is 0 Å². The fraction of sp³-hybridized carbons (Fsp3) is 0.810. The standard InChI is InChI=1S/C21H36O4/c1-4-5-6-7-8-9-10-11-12-13-14-18-24-20(22)16-15-17-21(23)25-19(2)3/h19H,4-12,15-18H2,1-3H3. The molecule has 0 aliphatic rings. The summed E-state index contributed by atoms with van der Waals surface area (Å²) < 4.78 is 10.0. The van der Waals surface area contributed by atoms with Crippen LogP contribution in [0.4, 0.5) is 0 Å². The molecular weight excluding hydrogens is 316 g/mol. The minimum Gasteiger partial charge on any atom is -0.463 e. The van der Waals surface area contributed by atoms with Crippen molar-refractivity contribution in [1.29, 1.82) is 0 Å². The molecule has 0 aromatic heterocycles. The molecule has 144 valence electrons. The summed E-state index contributed by atoms with van der Waals surface area (Å²) in [7, 11) is 0. The Hall–Kier alpha value is -1.50. The molecule has 4 nitrogen and oxygen atoms in total. The van der Waals surface area contributed by atoms with Crippen LogP contribution in [0.2, 0.25) is 0 Å². The molecule has 0 unspecified atom stereocenters. The number of rotatable bonds is 14. The van der Waals surface area contributed by atoms with Gasteiger partial charge in [-0.1, -0.05) is 63.7 Å². The molecule has 0 N–H and O–H groups in total. The maximum atomic E-state index is 11.5. The summed E-state index contributed by atoms with van der Waals surface area (Å²) >= 11 is 0. The molecule has 0 aromatic rings. The average Bonchev–Trinajstić information content (AvgIpc) is 2.55. The lowest BCUT2D eigenvalue weighted by molar-refractivity contribution is -0.147. The normalized spacial score (nSPS) is 10.2. The van der Waals surface area contributed by atoms with E-state index in [2.05, 4.69) is 18.8 Å². The third-order valence-corrected chi connectivity index (χ3v) is 3.71. The van der Waals surface area contributed by atoms with E-state index >= 15 is 0 Å². The molecule has 0 saturated carbocycles. The summed E-state index contributed by atoms with van der Waals surface area (Å²) in [6, 6.07) is 0. The second kappa shape index (κ2) is 17.3. The van der Waals surface area contributed by atoms with Gasteiger partial charge in [0.05, 0.1) is 6.10 Å². The highest BCUT2D eigenvalue weighted by atomic mass is 16.5. The van der Waals surface area contributed by atoms with Gasteiger partial charge in [-0.15, -0.1) is 0 Å². The highest BCUT2D eigenvalue weighted by Crippen LogP contribution is 2.09. The molecule has 0 atom stereocenters. The molecule has 0 fully saturated rings. The minimum absolute atomic E-state index is 0.115. The van der Waals surface area contributed by atoms with E-state index in [1.807, 2.05) is 0 Å². The Morgan fingerprint density at radius 1 is 0.800 bits per heavy atom. The largest absolute Gasteiger partial charge is 0.463 e. The monoisotopic (exact) mass is 352 g/mol. The smallest absolute Gasteiger partial charge is 0.306 e. The van der Waals surface area contributed by atoms with Crippen molar-refractivity contribution in [2.24, 2.45) is 0 Å². The van der Waals surface area contributed by atoms with Crippen molar-refractivity contribution >= 4 is 11.9 Å². The Labute approximate surface area is 154 Å². The van der Waals surface area contributed by atoms with Gasteiger partial charge in [0.1, 0.15) is 0 Å². The highest BCUT2D eigenvalue weighted by Gasteiger charge is 2.08. The zero-order valence-corrected chi connectivity index (χ0v) is 16.4. The zero-order chi connectivity index (χ0) is 18.8. The van der Waals surface area contributed by atoms with Gasteiger partial charge in [0.25, 0.3) is 0 Å². The molecule has 0 rings (SSSR count). The van der Waals surface area contributed by atoms with Crippen molar-refractivity contribution in [2.75, 3.05) is 6.61 Å². The summed E-state index contributed by atoms with van der Waals surface area (Å²) in [5.74, 6) is 5.35. The number of hydrogen-bond acceptors (Lipinski definition) is 4. The lowest BCUT2D eigenvalue weighted by Gasteiger charge is -2.07. The van der Waals surface area contributed by atoms with Crippen LogP contribution < -0.4 is 0 Å². The molecule has 0 spiro atoms. The van der Waals surface area contributed by atoms with Crippen LogP contribution in [0.5, 0.6) is 0 Å². The molecule has 0 saturated heterocycles. The Bertz CT molecular complexity index is 404. The van der Waals surface area contributed by atoms with Crippen molar-refractivity contribution in [3.63, 3.8) is 0 Å². The summed E-state index contributed by atoms with van der Waals surface area (Å²) in [6.07, 6.45) is 12.0. The molecule has 0 radical (unpaired) electrons. The van der Waals surface area contributed by atoms with Crippen LogP contribution in [0.25, 0.3) is 0 Å². The number of ether oxygens (including phenoxy) is 2. The Kier molecular flexibility index (Phi) is 16.3. The van der Waals surface area contributed by atoms with Gasteiger partial charge in [0, 0.05) is 19.3 Å². The second-order valence-electron chi connectivity index (χ2n) is 6.63. The zero-order valence-electron chi connectivity index (χ0n) is 16.4. The molecule has 0 bridgehead atoms. The molecule has 0 aliphatic heterocycles. The van der Waals surface area contributed by atoms with Crippen LogP contribution in [0, 0.1) is 11.8 Å². The topological polar surface area (TPSA) is 52.6 Å². The first-order valence-electron chi connectivity index (χ1n) is 9.87. The molecule has 25 heavy (non-hydrogen) atoms. The third kappa shape index (κ3) is 18.7. The molecular formula is C21H36O4. The maximum Gasteiger partial charge on any atom is 0.306 e. The van der Waals surface area contributed by atoms with Gasteiger partial charge >= 0.3 is 11.9 Å². The van der Waals surface area contributed by atoms with Crippen molar-refractivity contribution < 1.29 is 19.1 Å². The van der Waals surface area contributed by atoms with Crippen LogP contribution >= 0.6 is 0 Å². The van der Waals surface area contributed by atoms with E-state index in [4.69, 9.17) is 9.47 Å². The molecule has 0 amide bonds. The SMILES string of the molecule is CCCCCCCCCCC#CCOC(=O)CCCC(=O)OC(C)C. The van der Waals surface area contributed by atoms with E-state index < -0.39 is 0 Å². The Morgan fingerprint density at radius 3 is 2.04 bits per heavy atom. The highest BCUT2D eigenvalue weighted by molar-refractivity contribution is 5.72. The first-order chi connectivity index (χ1) is 12.1. The average molecular weight is 353 g/mol. The summed E-state index contributed by atoms with van der Waals surface area (Å²) in [6.45, 7) is 5.99. The van der Waals surface area contributed by atoms with Crippen LogP contribution in [-0.4, -0.2) is 24.6 Å². The first kappa shape index (κ1) is 23.5. The van der Waals surface area contributed by atoms with Crippen LogP contribution in [-0.2, 0) is 19.1 Å².